The van der Waals surface area contributed by atoms with Crippen molar-refractivity contribution in [2.24, 2.45) is 0 Å². The minimum Gasteiger partial charge on any atom is -0.456 e. The van der Waals surface area contributed by atoms with Gasteiger partial charge in [0.05, 0.1) is 44.8 Å². The van der Waals surface area contributed by atoms with Crippen LogP contribution in [0.25, 0.3) is 76.9 Å². The summed E-state index contributed by atoms with van der Waals surface area (Å²) in [5.41, 5.74) is 9.01. The highest BCUT2D eigenvalue weighted by Gasteiger charge is 2.19. The molecule has 0 N–H and O–H groups in total. The molecule has 0 saturated carbocycles. The summed E-state index contributed by atoms with van der Waals surface area (Å²) in [5.74, 6) is 0. The van der Waals surface area contributed by atoms with E-state index in [9.17, 15) is 5.26 Å². The molecule has 0 saturated heterocycles. The van der Waals surface area contributed by atoms with Crippen LogP contribution in [0.5, 0.6) is 0 Å². The van der Waals surface area contributed by atoms with E-state index in [1.807, 2.05) is 18.2 Å². The summed E-state index contributed by atoms with van der Waals surface area (Å²) in [4.78, 5) is 0. The third kappa shape index (κ3) is 2.98. The topological polar surface area (TPSA) is 46.8 Å². The van der Waals surface area contributed by atoms with Gasteiger partial charge in [0.1, 0.15) is 11.2 Å². The number of hydrogen-bond donors (Lipinski definition) is 0. The Morgan fingerprint density at radius 1 is 0.488 bits per heavy atom. The fourth-order valence-corrected chi connectivity index (χ4v) is 6.62. The molecule has 0 spiro atoms. The third-order valence-electron chi connectivity index (χ3n) is 8.34. The molecule has 41 heavy (non-hydrogen) atoms. The second-order valence-electron chi connectivity index (χ2n) is 10.5. The van der Waals surface area contributed by atoms with Crippen LogP contribution in [-0.4, -0.2) is 9.13 Å². The molecule has 0 atom stereocenters. The van der Waals surface area contributed by atoms with Crippen molar-refractivity contribution in [3.63, 3.8) is 0 Å². The average Bonchev–Trinajstić information content (AvgIpc) is 3.68. The summed E-state index contributed by atoms with van der Waals surface area (Å²) in [6.45, 7) is 0. The fraction of sp³-hybridized carbons (Fsp3) is 0. The molecule has 0 radical (unpaired) electrons. The second kappa shape index (κ2) is 8.11. The van der Waals surface area contributed by atoms with Crippen LogP contribution in [0.4, 0.5) is 0 Å². The van der Waals surface area contributed by atoms with Crippen molar-refractivity contribution in [2.75, 3.05) is 0 Å². The highest BCUT2D eigenvalue weighted by molar-refractivity contribution is 6.15. The minimum atomic E-state index is 0.656. The molecule has 0 aliphatic heterocycles. The number of furan rings is 1. The molecule has 0 unspecified atom stereocenters. The summed E-state index contributed by atoms with van der Waals surface area (Å²) < 4.78 is 11.1. The lowest BCUT2D eigenvalue weighted by atomic mass is 10.1. The Hall–Kier alpha value is -5.79. The van der Waals surface area contributed by atoms with Crippen LogP contribution in [0.15, 0.2) is 132 Å². The maximum Gasteiger partial charge on any atom is 0.137 e. The van der Waals surface area contributed by atoms with Gasteiger partial charge in [-0.1, -0.05) is 60.7 Å². The van der Waals surface area contributed by atoms with Gasteiger partial charge >= 0.3 is 0 Å². The lowest BCUT2D eigenvalue weighted by Gasteiger charge is -2.11. The second-order valence-corrected chi connectivity index (χ2v) is 10.5. The van der Waals surface area contributed by atoms with Gasteiger partial charge in [0.2, 0.25) is 0 Å². The lowest BCUT2D eigenvalue weighted by molar-refractivity contribution is 0.669. The highest BCUT2D eigenvalue weighted by Crippen LogP contribution is 2.40. The molecule has 0 fully saturated rings. The molecule has 9 aromatic rings. The molecular formula is C37H21N3O. The SMILES string of the molecule is N#Cc1ccc2c(c1)c1ccccc1n2-c1cccc2oc3ccc(-n4c5ccccc5c5ccccc54)cc3c12. The van der Waals surface area contributed by atoms with Gasteiger partial charge in [-0.15, -0.1) is 0 Å². The summed E-state index contributed by atoms with van der Waals surface area (Å²) >= 11 is 0. The maximum atomic E-state index is 9.59. The molecule has 190 valence electrons. The number of fused-ring (bicyclic) bond motifs is 9. The molecule has 0 aliphatic carbocycles. The van der Waals surface area contributed by atoms with E-state index in [2.05, 4.69) is 124 Å². The minimum absolute atomic E-state index is 0.656. The van der Waals surface area contributed by atoms with Crippen molar-refractivity contribution < 1.29 is 4.42 Å². The number of nitriles is 1. The number of nitrogens with zero attached hydrogens (tertiary/aromatic N) is 3. The van der Waals surface area contributed by atoms with Crippen molar-refractivity contribution in [2.45, 2.75) is 0 Å². The Morgan fingerprint density at radius 2 is 1.12 bits per heavy atom. The molecule has 0 amide bonds. The Bertz CT molecular complexity index is 2500. The number of para-hydroxylation sites is 3. The lowest BCUT2D eigenvalue weighted by Crippen LogP contribution is -1.95. The predicted octanol–water partition coefficient (Wildman–Crippen LogP) is 9.65. The van der Waals surface area contributed by atoms with Crippen LogP contribution in [0.3, 0.4) is 0 Å². The van der Waals surface area contributed by atoms with Crippen LogP contribution < -0.4 is 0 Å². The molecular weight excluding hydrogens is 502 g/mol. The molecule has 4 heteroatoms. The van der Waals surface area contributed by atoms with Crippen molar-refractivity contribution in [1.82, 2.24) is 9.13 Å². The van der Waals surface area contributed by atoms with E-state index in [1.165, 1.54) is 21.8 Å². The summed E-state index contributed by atoms with van der Waals surface area (Å²) in [6, 6.07) is 46.5. The summed E-state index contributed by atoms with van der Waals surface area (Å²) in [7, 11) is 0. The van der Waals surface area contributed by atoms with Gasteiger partial charge in [-0.2, -0.15) is 5.26 Å². The summed E-state index contributed by atoms with van der Waals surface area (Å²) in [5, 5.41) is 16.4. The van der Waals surface area contributed by atoms with Crippen molar-refractivity contribution in [3.8, 4) is 17.4 Å². The van der Waals surface area contributed by atoms with Gasteiger partial charge in [0, 0.05) is 32.6 Å². The van der Waals surface area contributed by atoms with Gasteiger partial charge in [-0.25, -0.2) is 0 Å². The van der Waals surface area contributed by atoms with E-state index in [0.717, 1.165) is 55.1 Å². The van der Waals surface area contributed by atoms with E-state index in [0.29, 0.717) is 5.56 Å². The number of hydrogen-bond acceptors (Lipinski definition) is 2. The zero-order valence-electron chi connectivity index (χ0n) is 21.9. The first kappa shape index (κ1) is 22.1. The molecule has 3 aromatic heterocycles. The Balaban J connectivity index is 1.39. The number of rotatable bonds is 2. The quantitative estimate of drug-likeness (QED) is 0.226. The van der Waals surface area contributed by atoms with E-state index in [1.54, 1.807) is 0 Å². The molecule has 4 nitrogen and oxygen atoms in total. The van der Waals surface area contributed by atoms with Crippen LogP contribution in [0.2, 0.25) is 0 Å². The van der Waals surface area contributed by atoms with Crippen LogP contribution in [-0.2, 0) is 0 Å². The van der Waals surface area contributed by atoms with Gasteiger partial charge in [-0.05, 0) is 66.7 Å². The molecule has 9 rings (SSSR count). The van der Waals surface area contributed by atoms with Crippen molar-refractivity contribution in [1.29, 1.82) is 5.26 Å². The van der Waals surface area contributed by atoms with Gasteiger partial charge in [0.25, 0.3) is 0 Å². The summed E-state index contributed by atoms with van der Waals surface area (Å²) in [6.07, 6.45) is 0. The van der Waals surface area contributed by atoms with Crippen molar-refractivity contribution in [3.05, 3.63) is 133 Å². The zero-order chi connectivity index (χ0) is 27.1. The first-order chi connectivity index (χ1) is 20.3. The smallest absolute Gasteiger partial charge is 0.137 e. The average molecular weight is 524 g/mol. The van der Waals surface area contributed by atoms with E-state index >= 15 is 0 Å². The first-order valence-electron chi connectivity index (χ1n) is 13.7. The number of benzene rings is 6. The van der Waals surface area contributed by atoms with Gasteiger partial charge < -0.3 is 13.6 Å². The van der Waals surface area contributed by atoms with Crippen LogP contribution in [0, 0.1) is 11.3 Å². The molecule has 6 aromatic carbocycles. The fourth-order valence-electron chi connectivity index (χ4n) is 6.62. The highest BCUT2D eigenvalue weighted by atomic mass is 16.3. The van der Waals surface area contributed by atoms with E-state index in [4.69, 9.17) is 4.42 Å². The van der Waals surface area contributed by atoms with Crippen molar-refractivity contribution >= 4 is 65.6 Å². The first-order valence-corrected chi connectivity index (χ1v) is 13.7. The number of aromatic nitrogens is 2. The Kier molecular flexibility index (Phi) is 4.37. The standard InChI is InChI=1S/C37H21N3O/c38-22-23-16-18-33-28(20-23)27-10-3-6-13-32(27)40(33)34-14-7-15-36-37(34)29-21-24(17-19-35(29)41-36)39-30-11-4-1-8-25(30)26-9-2-5-12-31(26)39/h1-21H. The molecule has 0 aliphatic rings. The predicted molar refractivity (Wildman–Crippen MR) is 167 cm³/mol. The van der Waals surface area contributed by atoms with E-state index < -0.39 is 0 Å². The Labute approximate surface area is 234 Å². The zero-order valence-corrected chi connectivity index (χ0v) is 21.9. The Morgan fingerprint density at radius 3 is 1.83 bits per heavy atom. The van der Waals surface area contributed by atoms with E-state index in [-0.39, 0.29) is 0 Å². The van der Waals surface area contributed by atoms with Crippen LogP contribution in [0.1, 0.15) is 5.56 Å². The molecule has 0 bridgehead atoms. The monoisotopic (exact) mass is 523 g/mol. The third-order valence-corrected chi connectivity index (χ3v) is 8.34. The normalized spacial score (nSPS) is 11.9. The largest absolute Gasteiger partial charge is 0.456 e. The maximum absolute atomic E-state index is 9.59. The van der Waals surface area contributed by atoms with Gasteiger partial charge in [-0.3, -0.25) is 0 Å². The van der Waals surface area contributed by atoms with Crippen LogP contribution >= 0.6 is 0 Å². The molecule has 3 heterocycles. The van der Waals surface area contributed by atoms with Gasteiger partial charge in [0.15, 0.2) is 0 Å².